The summed E-state index contributed by atoms with van der Waals surface area (Å²) in [5, 5.41) is 62.0. The van der Waals surface area contributed by atoms with Crippen molar-refractivity contribution in [2.75, 3.05) is 52.9 Å². The molecule has 0 spiro atoms. The molecule has 0 aliphatic heterocycles. The standard InChI is InChI=1S/C10H22O7.C4H6O3/c11-1-9(2-12,3-13)7-17-8-10(4-14,5-15)6-16;1-3(5)2-4(6)7/h11-16H,1-8H2;2H2,1H3,(H,6,7). The molecule has 144 valence electrons. The lowest BCUT2D eigenvalue weighted by molar-refractivity contribution is -0.139. The van der Waals surface area contributed by atoms with E-state index in [1.807, 2.05) is 0 Å². The average Bonchev–Trinajstić information content (AvgIpc) is 2.56. The van der Waals surface area contributed by atoms with Gasteiger partial charge in [0.25, 0.3) is 0 Å². The maximum Gasteiger partial charge on any atom is 0.310 e. The first kappa shape index (κ1) is 25.1. The first-order valence-corrected chi connectivity index (χ1v) is 7.14. The molecule has 0 aromatic carbocycles. The summed E-state index contributed by atoms with van der Waals surface area (Å²) in [5.41, 5.74) is -2.32. The zero-order valence-electron chi connectivity index (χ0n) is 13.7. The van der Waals surface area contributed by atoms with Gasteiger partial charge in [0.15, 0.2) is 0 Å². The van der Waals surface area contributed by atoms with Crippen molar-refractivity contribution in [2.24, 2.45) is 10.8 Å². The molecule has 0 amide bonds. The van der Waals surface area contributed by atoms with Crippen LogP contribution in [0.2, 0.25) is 0 Å². The molecule has 0 fully saturated rings. The molecule has 0 bridgehead atoms. The van der Waals surface area contributed by atoms with Crippen molar-refractivity contribution >= 4 is 11.8 Å². The Kier molecular flexibility index (Phi) is 13.8. The van der Waals surface area contributed by atoms with Gasteiger partial charge in [-0.2, -0.15) is 0 Å². The van der Waals surface area contributed by atoms with Crippen LogP contribution in [0.3, 0.4) is 0 Å². The molecule has 7 N–H and O–H groups in total. The molecule has 0 aromatic rings. The van der Waals surface area contributed by atoms with Crippen molar-refractivity contribution < 1.29 is 50.1 Å². The Bertz CT molecular complexity index is 301. The van der Waals surface area contributed by atoms with Gasteiger partial charge in [-0.05, 0) is 6.92 Å². The van der Waals surface area contributed by atoms with E-state index in [9.17, 15) is 9.59 Å². The molecular weight excluding hydrogens is 328 g/mol. The molecule has 0 radical (unpaired) electrons. The van der Waals surface area contributed by atoms with Gasteiger partial charge in [0.1, 0.15) is 12.2 Å². The second-order valence-electron chi connectivity index (χ2n) is 5.71. The summed E-state index contributed by atoms with van der Waals surface area (Å²) in [6, 6.07) is 0. The minimum atomic E-state index is -1.16. The smallest absolute Gasteiger partial charge is 0.310 e. The third kappa shape index (κ3) is 9.88. The van der Waals surface area contributed by atoms with Crippen LogP contribution in [0.25, 0.3) is 0 Å². The van der Waals surface area contributed by atoms with Crippen LogP contribution < -0.4 is 0 Å². The number of rotatable bonds is 12. The lowest BCUT2D eigenvalue weighted by Crippen LogP contribution is -2.43. The topological polar surface area (TPSA) is 185 Å². The monoisotopic (exact) mass is 356 g/mol. The Labute approximate surface area is 139 Å². The molecule has 0 heterocycles. The summed E-state index contributed by atoms with van der Waals surface area (Å²) in [6.07, 6.45) is -0.361. The van der Waals surface area contributed by atoms with Crippen molar-refractivity contribution in [3.8, 4) is 0 Å². The van der Waals surface area contributed by atoms with E-state index in [-0.39, 0.29) is 25.4 Å². The lowest BCUT2D eigenvalue weighted by atomic mass is 9.91. The summed E-state index contributed by atoms with van der Waals surface area (Å²) >= 11 is 0. The summed E-state index contributed by atoms with van der Waals surface area (Å²) in [7, 11) is 0. The van der Waals surface area contributed by atoms with Crippen molar-refractivity contribution in [1.82, 2.24) is 0 Å². The fourth-order valence-electron chi connectivity index (χ4n) is 1.27. The minimum Gasteiger partial charge on any atom is -0.481 e. The van der Waals surface area contributed by atoms with E-state index < -0.39 is 56.4 Å². The van der Waals surface area contributed by atoms with Gasteiger partial charge in [0, 0.05) is 0 Å². The van der Waals surface area contributed by atoms with Crippen molar-refractivity contribution in [2.45, 2.75) is 13.3 Å². The zero-order chi connectivity index (χ0) is 19.2. The van der Waals surface area contributed by atoms with Gasteiger partial charge in [-0.1, -0.05) is 0 Å². The third-order valence-electron chi connectivity index (χ3n) is 3.23. The number of hydrogen-bond acceptors (Lipinski definition) is 9. The minimum absolute atomic E-state index is 0.141. The first-order chi connectivity index (χ1) is 11.2. The molecule has 10 heteroatoms. The molecule has 24 heavy (non-hydrogen) atoms. The van der Waals surface area contributed by atoms with Crippen LogP contribution in [0.15, 0.2) is 0 Å². The van der Waals surface area contributed by atoms with Gasteiger partial charge < -0.3 is 40.5 Å². The number of carboxylic acids is 1. The normalized spacial score (nSPS) is 11.6. The molecule has 0 atom stereocenters. The van der Waals surface area contributed by atoms with E-state index >= 15 is 0 Å². The Balaban J connectivity index is 0. The van der Waals surface area contributed by atoms with E-state index in [1.165, 1.54) is 6.92 Å². The molecule has 0 saturated heterocycles. The number of Topliss-reactive ketones (excluding diaryl/α,β-unsaturated/α-hetero) is 1. The number of ether oxygens (including phenoxy) is 1. The maximum atomic E-state index is 9.87. The van der Waals surface area contributed by atoms with Gasteiger partial charge in [-0.15, -0.1) is 0 Å². The molecular formula is C14H28O10. The number of carbonyl (C=O) groups excluding carboxylic acids is 1. The van der Waals surface area contributed by atoms with Crippen LogP contribution >= 0.6 is 0 Å². The predicted molar refractivity (Wildman–Crippen MR) is 81.1 cm³/mol. The van der Waals surface area contributed by atoms with E-state index in [0.29, 0.717) is 0 Å². The zero-order valence-corrected chi connectivity index (χ0v) is 13.7. The highest BCUT2D eigenvalue weighted by Gasteiger charge is 2.32. The first-order valence-electron chi connectivity index (χ1n) is 7.14. The van der Waals surface area contributed by atoms with Crippen LogP contribution in [0, 0.1) is 10.8 Å². The average molecular weight is 356 g/mol. The van der Waals surface area contributed by atoms with Crippen molar-refractivity contribution in [1.29, 1.82) is 0 Å². The lowest BCUT2D eigenvalue weighted by Gasteiger charge is -2.31. The Morgan fingerprint density at radius 1 is 0.750 bits per heavy atom. The van der Waals surface area contributed by atoms with E-state index in [1.54, 1.807) is 0 Å². The molecule has 10 nitrogen and oxygen atoms in total. The maximum absolute atomic E-state index is 9.87. The molecule has 0 saturated carbocycles. The number of ketones is 1. The second kappa shape index (κ2) is 13.2. The SMILES string of the molecule is CC(=O)CC(=O)O.OCC(CO)(CO)COCC(CO)(CO)CO. The van der Waals surface area contributed by atoms with Crippen molar-refractivity contribution in [3.63, 3.8) is 0 Å². The van der Waals surface area contributed by atoms with Gasteiger partial charge in [-0.25, -0.2) is 0 Å². The fraction of sp³-hybridized carbons (Fsp3) is 0.857. The highest BCUT2D eigenvalue weighted by atomic mass is 16.5. The van der Waals surface area contributed by atoms with Crippen molar-refractivity contribution in [3.05, 3.63) is 0 Å². The number of carbonyl (C=O) groups is 2. The molecule has 0 aromatic heterocycles. The van der Waals surface area contributed by atoms with E-state index in [4.69, 9.17) is 40.5 Å². The highest BCUT2D eigenvalue weighted by molar-refractivity contribution is 5.93. The van der Waals surface area contributed by atoms with Crippen LogP contribution in [0.4, 0.5) is 0 Å². The van der Waals surface area contributed by atoms with Crippen LogP contribution in [0.1, 0.15) is 13.3 Å². The Morgan fingerprint density at radius 2 is 1.04 bits per heavy atom. The number of aliphatic carboxylic acids is 1. The Morgan fingerprint density at radius 3 is 1.17 bits per heavy atom. The number of carboxylic acid groups (broad SMARTS) is 1. The molecule has 0 rings (SSSR count). The number of aliphatic hydroxyl groups is 6. The van der Waals surface area contributed by atoms with E-state index in [2.05, 4.69) is 0 Å². The van der Waals surface area contributed by atoms with Crippen LogP contribution in [0.5, 0.6) is 0 Å². The van der Waals surface area contributed by atoms with Gasteiger partial charge in [0.2, 0.25) is 0 Å². The molecule has 0 aliphatic rings. The summed E-state index contributed by atoms with van der Waals surface area (Å²) in [5.74, 6) is -1.37. The van der Waals surface area contributed by atoms with Crippen LogP contribution in [-0.4, -0.2) is 100 Å². The molecule has 0 aliphatic carbocycles. The third-order valence-corrected chi connectivity index (χ3v) is 3.23. The van der Waals surface area contributed by atoms with Crippen LogP contribution in [-0.2, 0) is 14.3 Å². The quantitative estimate of drug-likeness (QED) is 0.177. The highest BCUT2D eigenvalue weighted by Crippen LogP contribution is 2.19. The fourth-order valence-corrected chi connectivity index (χ4v) is 1.27. The van der Waals surface area contributed by atoms with Gasteiger partial charge in [-0.3, -0.25) is 9.59 Å². The largest absolute Gasteiger partial charge is 0.481 e. The predicted octanol–water partition coefficient (Wildman–Crippen LogP) is -3.02. The van der Waals surface area contributed by atoms with E-state index in [0.717, 1.165) is 0 Å². The second-order valence-corrected chi connectivity index (χ2v) is 5.71. The summed E-state index contributed by atoms with van der Waals surface area (Å²) in [4.78, 5) is 19.5. The van der Waals surface area contributed by atoms with Gasteiger partial charge in [0.05, 0.1) is 63.7 Å². The number of aliphatic hydroxyl groups excluding tert-OH is 6. The Hall–Kier alpha value is -1.14. The number of hydrogen-bond donors (Lipinski definition) is 7. The molecule has 0 unspecified atom stereocenters. The summed E-state index contributed by atoms with van der Waals surface area (Å²) < 4.78 is 5.15. The summed E-state index contributed by atoms with van der Waals surface area (Å²) in [6.45, 7) is -1.76. The van der Waals surface area contributed by atoms with Gasteiger partial charge >= 0.3 is 5.97 Å².